The normalized spacial score (nSPS) is 13.4. The molecule has 0 saturated carbocycles. The maximum atomic E-state index is 11.9. The van der Waals surface area contributed by atoms with Crippen LogP contribution in [-0.2, 0) is 22.7 Å². The van der Waals surface area contributed by atoms with Crippen molar-refractivity contribution < 1.29 is 8.42 Å². The minimum Gasteiger partial charge on any atom is -0.296 e. The highest BCUT2D eigenvalue weighted by molar-refractivity contribution is 7.90. The smallest absolute Gasteiger partial charge is 0.175 e. The molecule has 1 aromatic heterocycles. The number of nitrogens with zero attached hydrogens (tertiary/aromatic N) is 2. The van der Waals surface area contributed by atoms with Gasteiger partial charge in [-0.1, -0.05) is 29.8 Å². The number of aryl methyl sites for hydroxylation is 4. The molecule has 1 aliphatic heterocycles. The molecule has 0 N–H and O–H groups in total. The molecule has 1 aliphatic rings. The molecule has 4 nitrogen and oxygen atoms in total. The summed E-state index contributed by atoms with van der Waals surface area (Å²) in [6.45, 7) is 4.11. The van der Waals surface area contributed by atoms with Crippen molar-refractivity contribution in [2.75, 3.05) is 6.26 Å². The molecule has 3 aromatic rings. The Balaban J connectivity index is 1.94. The van der Waals surface area contributed by atoms with Crippen LogP contribution in [0.25, 0.3) is 16.9 Å². The first-order valence-electron chi connectivity index (χ1n) is 8.33. The molecule has 0 amide bonds. The summed E-state index contributed by atoms with van der Waals surface area (Å²) in [4.78, 5) is 5.14. The van der Waals surface area contributed by atoms with E-state index in [1.807, 2.05) is 19.1 Å². The van der Waals surface area contributed by atoms with E-state index in [2.05, 4.69) is 35.8 Å². The SMILES string of the molecule is Cc1ccc(-c2c(C)nc3n2-c2ccc(S(C)(=O)=O)cc2CC3)cc1. The summed E-state index contributed by atoms with van der Waals surface area (Å²) in [5.74, 6) is 1.03. The molecule has 0 radical (unpaired) electrons. The van der Waals surface area contributed by atoms with Gasteiger partial charge >= 0.3 is 0 Å². The number of imidazole rings is 1. The van der Waals surface area contributed by atoms with Crippen molar-refractivity contribution in [2.45, 2.75) is 31.6 Å². The highest BCUT2D eigenvalue weighted by Gasteiger charge is 2.24. The van der Waals surface area contributed by atoms with Gasteiger partial charge in [0.1, 0.15) is 5.82 Å². The van der Waals surface area contributed by atoms with Crippen molar-refractivity contribution in [3.05, 3.63) is 65.1 Å². The van der Waals surface area contributed by atoms with Crippen LogP contribution in [0.3, 0.4) is 0 Å². The molecule has 0 atom stereocenters. The summed E-state index contributed by atoms with van der Waals surface area (Å²) < 4.78 is 25.9. The summed E-state index contributed by atoms with van der Waals surface area (Å²) in [7, 11) is -3.20. The highest BCUT2D eigenvalue weighted by atomic mass is 32.2. The molecule has 4 rings (SSSR count). The average molecular weight is 352 g/mol. The van der Waals surface area contributed by atoms with Crippen LogP contribution >= 0.6 is 0 Å². The Morgan fingerprint density at radius 3 is 2.40 bits per heavy atom. The quantitative estimate of drug-likeness (QED) is 0.707. The fourth-order valence-electron chi connectivity index (χ4n) is 3.52. The lowest BCUT2D eigenvalue weighted by atomic mass is 10.0. The molecule has 0 saturated heterocycles. The molecule has 128 valence electrons. The van der Waals surface area contributed by atoms with E-state index >= 15 is 0 Å². The van der Waals surface area contributed by atoms with E-state index in [0.717, 1.165) is 46.9 Å². The Kier molecular flexibility index (Phi) is 3.58. The van der Waals surface area contributed by atoms with E-state index in [1.54, 1.807) is 6.07 Å². The monoisotopic (exact) mass is 352 g/mol. The van der Waals surface area contributed by atoms with Gasteiger partial charge < -0.3 is 0 Å². The minimum absolute atomic E-state index is 0.378. The second-order valence-electron chi connectivity index (χ2n) is 6.73. The Morgan fingerprint density at radius 2 is 1.72 bits per heavy atom. The predicted molar refractivity (Wildman–Crippen MR) is 99.0 cm³/mol. The standard InChI is InChI=1S/C20H20N2O2S/c1-13-4-6-15(7-5-13)20-14(2)21-19-11-8-16-12-17(25(3,23)24)9-10-18(16)22(19)20/h4-7,9-10,12H,8,11H2,1-3H3. The van der Waals surface area contributed by atoms with Gasteiger partial charge in [0.05, 0.1) is 22.0 Å². The van der Waals surface area contributed by atoms with Gasteiger partial charge in [-0.2, -0.15) is 0 Å². The number of sulfone groups is 1. The maximum absolute atomic E-state index is 11.9. The van der Waals surface area contributed by atoms with Crippen LogP contribution in [-0.4, -0.2) is 24.2 Å². The largest absolute Gasteiger partial charge is 0.296 e. The van der Waals surface area contributed by atoms with Gasteiger partial charge in [-0.3, -0.25) is 4.57 Å². The predicted octanol–water partition coefficient (Wildman–Crippen LogP) is 3.66. The van der Waals surface area contributed by atoms with Gasteiger partial charge in [0.25, 0.3) is 0 Å². The number of benzene rings is 2. The summed E-state index contributed by atoms with van der Waals surface area (Å²) in [5.41, 5.74) is 6.52. The van der Waals surface area contributed by atoms with Crippen molar-refractivity contribution in [1.29, 1.82) is 0 Å². The Bertz CT molecular complexity index is 1080. The van der Waals surface area contributed by atoms with Crippen LogP contribution in [0.5, 0.6) is 0 Å². The summed E-state index contributed by atoms with van der Waals surface area (Å²) >= 11 is 0. The molecule has 25 heavy (non-hydrogen) atoms. The van der Waals surface area contributed by atoms with Gasteiger partial charge in [0, 0.05) is 18.2 Å². The van der Waals surface area contributed by atoms with Crippen LogP contribution in [0.2, 0.25) is 0 Å². The molecule has 0 unspecified atom stereocenters. The Morgan fingerprint density at radius 1 is 1.00 bits per heavy atom. The van der Waals surface area contributed by atoms with Crippen molar-refractivity contribution in [3.63, 3.8) is 0 Å². The Labute approximate surface area is 148 Å². The van der Waals surface area contributed by atoms with E-state index < -0.39 is 9.84 Å². The zero-order valence-corrected chi connectivity index (χ0v) is 15.4. The third-order valence-electron chi connectivity index (χ3n) is 4.78. The van der Waals surface area contributed by atoms with Gasteiger partial charge in [-0.05, 0) is 44.0 Å². The van der Waals surface area contributed by atoms with Crippen LogP contribution in [0.4, 0.5) is 0 Å². The van der Waals surface area contributed by atoms with Crippen molar-refractivity contribution in [2.24, 2.45) is 0 Å². The zero-order valence-electron chi connectivity index (χ0n) is 14.6. The molecule has 0 aliphatic carbocycles. The average Bonchev–Trinajstić information content (AvgIpc) is 2.90. The molecule has 2 aromatic carbocycles. The lowest BCUT2D eigenvalue weighted by molar-refractivity contribution is 0.601. The minimum atomic E-state index is -3.20. The van der Waals surface area contributed by atoms with Gasteiger partial charge in [0.2, 0.25) is 0 Å². The lowest BCUT2D eigenvalue weighted by Gasteiger charge is -2.21. The Hall–Kier alpha value is -2.40. The third kappa shape index (κ3) is 2.68. The second-order valence-corrected chi connectivity index (χ2v) is 8.74. The molecule has 0 fully saturated rings. The third-order valence-corrected chi connectivity index (χ3v) is 5.89. The molecule has 0 spiro atoms. The van der Waals surface area contributed by atoms with Crippen molar-refractivity contribution in [3.8, 4) is 16.9 Å². The van der Waals surface area contributed by atoms with E-state index in [9.17, 15) is 8.42 Å². The first kappa shape index (κ1) is 16.1. The van der Waals surface area contributed by atoms with Gasteiger partial charge in [0.15, 0.2) is 9.84 Å². The molecule has 5 heteroatoms. The second kappa shape index (κ2) is 5.56. The fraction of sp³-hybridized carbons (Fsp3) is 0.250. The fourth-order valence-corrected chi connectivity index (χ4v) is 4.19. The van der Waals surface area contributed by atoms with Crippen molar-refractivity contribution in [1.82, 2.24) is 9.55 Å². The first-order valence-corrected chi connectivity index (χ1v) is 10.2. The number of rotatable bonds is 2. The van der Waals surface area contributed by atoms with Crippen LogP contribution < -0.4 is 0 Å². The number of hydrogen-bond donors (Lipinski definition) is 0. The summed E-state index contributed by atoms with van der Waals surface area (Å²) in [6.07, 6.45) is 2.87. The van der Waals surface area contributed by atoms with Crippen LogP contribution in [0, 0.1) is 13.8 Å². The highest BCUT2D eigenvalue weighted by Crippen LogP contribution is 2.34. The lowest BCUT2D eigenvalue weighted by Crippen LogP contribution is -2.14. The zero-order chi connectivity index (χ0) is 17.8. The number of aromatic nitrogens is 2. The number of fused-ring (bicyclic) bond motifs is 3. The van der Waals surface area contributed by atoms with Gasteiger partial charge in [-0.25, -0.2) is 13.4 Å². The molecular formula is C20H20N2O2S. The molecule has 0 bridgehead atoms. The van der Waals surface area contributed by atoms with E-state index in [4.69, 9.17) is 4.98 Å². The summed E-state index contributed by atoms with van der Waals surface area (Å²) in [6, 6.07) is 13.8. The van der Waals surface area contributed by atoms with Gasteiger partial charge in [-0.15, -0.1) is 0 Å². The van der Waals surface area contributed by atoms with E-state index in [1.165, 1.54) is 11.8 Å². The van der Waals surface area contributed by atoms with Crippen LogP contribution in [0.1, 0.15) is 22.6 Å². The number of hydrogen-bond acceptors (Lipinski definition) is 3. The molecular weight excluding hydrogens is 332 g/mol. The first-order chi connectivity index (χ1) is 11.8. The molecule has 2 heterocycles. The van der Waals surface area contributed by atoms with Crippen molar-refractivity contribution >= 4 is 9.84 Å². The van der Waals surface area contributed by atoms with E-state index in [-0.39, 0.29) is 0 Å². The topological polar surface area (TPSA) is 52.0 Å². The van der Waals surface area contributed by atoms with Crippen LogP contribution in [0.15, 0.2) is 47.4 Å². The maximum Gasteiger partial charge on any atom is 0.175 e. The summed E-state index contributed by atoms with van der Waals surface area (Å²) in [5, 5.41) is 0. The van der Waals surface area contributed by atoms with E-state index in [0.29, 0.717) is 4.90 Å².